The van der Waals surface area contributed by atoms with Crippen molar-refractivity contribution in [3.63, 3.8) is 0 Å². The quantitative estimate of drug-likeness (QED) is 0.0135. The van der Waals surface area contributed by atoms with Gasteiger partial charge in [0.05, 0.1) is 30.9 Å². The average Bonchev–Trinajstić information content (AvgIpc) is 1.65. The van der Waals surface area contributed by atoms with Crippen molar-refractivity contribution in [3.8, 4) is 0 Å². The lowest BCUT2D eigenvalue weighted by atomic mass is 10.00. The minimum atomic E-state index is -1.84. The molecule has 1 heterocycles. The van der Waals surface area contributed by atoms with Gasteiger partial charge in [-0.15, -0.1) is 0 Å². The molecule has 9 amide bonds. The number of nitrogens with two attached hydrogens (primary N) is 2. The molecule has 0 saturated heterocycles. The Bertz CT molecular complexity index is 3440. The van der Waals surface area contributed by atoms with Gasteiger partial charge in [-0.25, -0.2) is 0 Å². The molecule has 28 nitrogen and oxygen atoms in total. The van der Waals surface area contributed by atoms with Crippen molar-refractivity contribution in [2.45, 2.75) is 178 Å². The standard InChI is InChI=1S/C69H96N14O14S2.C2H6.CH4/c1-40(85)57(68(96)80-52(34-44-24-12-7-13-25-44)66(94)83-58(41(2)86)69(97)81-54(37-84)59(87)60(88)55(38-98)72-3)82-62(90)49(29-17-19-31-71)75-65(93)53(35-45-36-74-47-27-15-14-26-46(45)47)79-64(92)51(33-43-22-10-6-11-23-43)78-63(91)50(32-42-20-8-5-9-21-42)77-61(89)48(28-16-18-30-70)76-67(95)56(39-99)73-4;1-2;/h5-15,20-27,36,40-41,48-58,72-74,84-86,98-99H,16-19,28-35,37-39,70-71H2,1-4H3,(H,75,93)(H,76,95)(H,77,89)(H,78,91)(H,79,92)(H,80,96)(H,81,97)(H,82,90)(H,83,94);1-2H3;1H4/t40-,41-,48+,49+,50?,51+,52+,53?,54+,55+,56?,57+,58+;;/m1../s1. The van der Waals surface area contributed by atoms with Crippen LogP contribution in [0.4, 0.5) is 0 Å². The van der Waals surface area contributed by atoms with E-state index in [-0.39, 0.29) is 70.4 Å². The van der Waals surface area contributed by atoms with Crippen molar-refractivity contribution in [1.82, 2.24) is 63.5 Å². The Labute approximate surface area is 607 Å². The number of benzene rings is 4. The number of ketones is 2. The number of aliphatic hydroxyl groups excluding tert-OH is 3. The maximum atomic E-state index is 15.2. The number of H-pyrrole nitrogens is 1. The minimum Gasteiger partial charge on any atom is -0.394 e. The maximum absolute atomic E-state index is 15.2. The summed E-state index contributed by atoms with van der Waals surface area (Å²) in [4.78, 5) is 159. The van der Waals surface area contributed by atoms with Crippen molar-refractivity contribution >= 4 is 101 Å². The van der Waals surface area contributed by atoms with Crippen LogP contribution in [0.1, 0.15) is 95.9 Å². The number of carbonyl (C=O) groups excluding carboxylic acids is 11. The zero-order chi connectivity index (χ0) is 74.6. The molecule has 0 fully saturated rings. The molecule has 19 N–H and O–H groups in total. The fraction of sp³-hybridized carbons (Fsp3) is 0.486. The van der Waals surface area contributed by atoms with Gasteiger partial charge in [0.2, 0.25) is 64.7 Å². The Kier molecular flexibility index (Phi) is 40.2. The number of para-hydroxylation sites is 1. The van der Waals surface area contributed by atoms with Gasteiger partial charge in [-0.2, -0.15) is 25.3 Å². The first-order valence-electron chi connectivity index (χ1n) is 33.9. The van der Waals surface area contributed by atoms with Crippen LogP contribution in [0.2, 0.25) is 0 Å². The van der Waals surface area contributed by atoms with E-state index in [1.54, 1.807) is 122 Å². The van der Waals surface area contributed by atoms with Crippen molar-refractivity contribution in [1.29, 1.82) is 0 Å². The lowest BCUT2D eigenvalue weighted by Gasteiger charge is -2.29. The van der Waals surface area contributed by atoms with Gasteiger partial charge in [0.25, 0.3) is 0 Å². The van der Waals surface area contributed by atoms with Crippen molar-refractivity contribution < 1.29 is 68.1 Å². The first-order chi connectivity index (χ1) is 48.5. The number of thiol groups is 2. The van der Waals surface area contributed by atoms with E-state index in [1.165, 1.54) is 14.0 Å². The van der Waals surface area contributed by atoms with Gasteiger partial charge in [0.15, 0.2) is 0 Å². The van der Waals surface area contributed by atoms with Gasteiger partial charge in [0, 0.05) is 54.3 Å². The number of fused-ring (bicyclic) bond motifs is 1. The molecule has 0 aliphatic rings. The Balaban J connectivity index is 0.00000893. The predicted octanol–water partition coefficient (Wildman–Crippen LogP) is -0.350. The van der Waals surface area contributed by atoms with Crippen LogP contribution in [0.25, 0.3) is 10.9 Å². The molecule has 0 aliphatic heterocycles. The zero-order valence-corrected chi connectivity index (χ0v) is 59.8. The van der Waals surface area contributed by atoms with Crippen molar-refractivity contribution in [2.75, 3.05) is 45.3 Å². The topological polar surface area (TPSA) is 449 Å². The molecule has 0 spiro atoms. The number of aromatic nitrogens is 1. The highest BCUT2D eigenvalue weighted by Gasteiger charge is 2.39. The molecule has 13 atom stereocenters. The Morgan fingerprint density at radius 2 is 0.725 bits per heavy atom. The third-order valence-corrected chi connectivity index (χ3v) is 17.2. The first-order valence-corrected chi connectivity index (χ1v) is 35.2. The van der Waals surface area contributed by atoms with Crippen molar-refractivity contribution in [3.05, 3.63) is 144 Å². The van der Waals surface area contributed by atoms with Gasteiger partial charge in [-0.05, 0) is 108 Å². The average molecular weight is 1460 g/mol. The number of nitrogens with one attached hydrogen (secondary N) is 12. The van der Waals surface area contributed by atoms with E-state index >= 15 is 9.59 Å². The highest BCUT2D eigenvalue weighted by molar-refractivity contribution is 7.80. The number of unbranched alkanes of at least 4 members (excludes halogenated alkanes) is 2. The zero-order valence-electron chi connectivity index (χ0n) is 58.0. The molecular weight excluding hydrogens is 1350 g/mol. The Morgan fingerprint density at radius 1 is 0.412 bits per heavy atom. The number of rotatable bonds is 44. The summed E-state index contributed by atoms with van der Waals surface area (Å²) in [5.74, 6) is -10.2. The molecule has 1 aromatic heterocycles. The van der Waals surface area contributed by atoms with Crippen LogP contribution in [0.15, 0.2) is 121 Å². The number of hydrogen-bond donors (Lipinski definition) is 19. The van der Waals surface area contributed by atoms with Gasteiger partial charge < -0.3 is 90.3 Å². The second kappa shape index (κ2) is 46.8. The second-order valence-electron chi connectivity index (χ2n) is 24.0. The third-order valence-electron chi connectivity index (χ3n) is 16.5. The number of hydrogen-bond acceptors (Lipinski definition) is 20. The minimum absolute atomic E-state index is 0. The number of likely N-dealkylation sites (N-methyl/N-ethyl adjacent to an activating group) is 2. The molecule has 5 rings (SSSR count). The molecule has 102 heavy (non-hydrogen) atoms. The number of aliphatic hydroxyl groups is 3. The monoisotopic (exact) mass is 1450 g/mol. The van der Waals surface area contributed by atoms with E-state index in [2.05, 4.69) is 88.7 Å². The van der Waals surface area contributed by atoms with E-state index in [0.29, 0.717) is 59.0 Å². The van der Waals surface area contributed by atoms with Crippen LogP contribution in [0.3, 0.4) is 0 Å². The summed E-state index contributed by atoms with van der Waals surface area (Å²) in [6.45, 7) is 5.81. The summed E-state index contributed by atoms with van der Waals surface area (Å²) in [5.41, 5.74) is 14.7. The molecule has 0 aliphatic carbocycles. The fourth-order valence-electron chi connectivity index (χ4n) is 10.8. The Morgan fingerprint density at radius 3 is 1.10 bits per heavy atom. The molecule has 4 aromatic carbocycles. The van der Waals surface area contributed by atoms with E-state index in [1.807, 2.05) is 19.9 Å². The SMILES string of the molecule is C.CC.CNC(CS)C(=O)N[C@@H](CCCCN)C(=O)NC(Cc1ccccc1)C(=O)N[C@@H](Cc1ccccc1)C(=O)NC(Cc1c[nH]c2ccccc12)C(=O)N[C@@H](CCCCN)C(=O)N[C@H](C(=O)N[C@@H](Cc1ccccc1)C(=O)N[C@H](C(=O)N[C@@H](CO)C(=O)C(=O)[C@H](CS)NC)[C@@H](C)O)[C@@H](C)O. The van der Waals surface area contributed by atoms with Crippen LogP contribution >= 0.6 is 25.3 Å². The lowest BCUT2D eigenvalue weighted by molar-refractivity contribution is -0.141. The molecular formula is C72H106N14O14S2. The summed E-state index contributed by atoms with van der Waals surface area (Å²) in [6, 6.07) is 17.2. The number of aromatic amines is 1. The van der Waals surface area contributed by atoms with E-state index < -0.39 is 150 Å². The van der Waals surface area contributed by atoms with Crippen molar-refractivity contribution in [2.24, 2.45) is 11.5 Å². The molecule has 0 bridgehead atoms. The van der Waals surface area contributed by atoms with Gasteiger partial charge in [-0.3, -0.25) is 52.7 Å². The van der Waals surface area contributed by atoms with Crippen LogP contribution in [0.5, 0.6) is 0 Å². The Hall–Kier alpha value is -8.59. The summed E-state index contributed by atoms with van der Waals surface area (Å²) in [5, 5.41) is 62.0. The molecule has 30 heteroatoms. The summed E-state index contributed by atoms with van der Waals surface area (Å²) >= 11 is 8.33. The molecule has 0 saturated carbocycles. The lowest BCUT2D eigenvalue weighted by Crippen LogP contribution is -2.63. The van der Waals surface area contributed by atoms with E-state index in [4.69, 9.17) is 11.5 Å². The van der Waals surface area contributed by atoms with Gasteiger partial charge >= 0.3 is 0 Å². The van der Waals surface area contributed by atoms with E-state index in [0.717, 1.165) is 6.92 Å². The first kappa shape index (κ1) is 87.6. The van der Waals surface area contributed by atoms with E-state index in [9.17, 15) is 58.5 Å². The second-order valence-corrected chi connectivity index (χ2v) is 24.8. The predicted molar refractivity (Wildman–Crippen MR) is 398 cm³/mol. The van der Waals surface area contributed by atoms with Crippen LogP contribution in [-0.4, -0.2) is 209 Å². The molecule has 560 valence electrons. The third kappa shape index (κ3) is 28.0. The van der Waals surface area contributed by atoms with Crippen LogP contribution in [0, 0.1) is 0 Å². The summed E-state index contributed by atoms with van der Waals surface area (Å²) in [7, 11) is 2.99. The smallest absolute Gasteiger partial charge is 0.245 e. The van der Waals surface area contributed by atoms with Crippen LogP contribution in [-0.2, 0) is 78.4 Å². The van der Waals surface area contributed by atoms with Gasteiger partial charge in [0.1, 0.15) is 54.4 Å². The molecule has 0 radical (unpaired) electrons. The highest BCUT2D eigenvalue weighted by atomic mass is 32.1. The normalized spacial score (nSPS) is 14.8. The largest absolute Gasteiger partial charge is 0.394 e. The maximum Gasteiger partial charge on any atom is 0.245 e. The van der Waals surface area contributed by atoms with Crippen LogP contribution < -0.4 is 70.0 Å². The fourth-order valence-corrected chi connectivity index (χ4v) is 11.5. The summed E-state index contributed by atoms with van der Waals surface area (Å²) in [6.07, 6.45) is -0.630. The molecule has 5 aromatic rings. The number of amides is 9. The summed E-state index contributed by atoms with van der Waals surface area (Å²) < 4.78 is 0. The van der Waals surface area contributed by atoms with Gasteiger partial charge in [-0.1, -0.05) is 130 Å². The number of carbonyl (C=O) groups is 11. The molecule has 3 unspecified atom stereocenters. The number of Topliss-reactive ketones (excluding diaryl/α,β-unsaturated/α-hetero) is 2. The highest BCUT2D eigenvalue weighted by Crippen LogP contribution is 2.21.